The van der Waals surface area contributed by atoms with Gasteiger partial charge in [-0.2, -0.15) is 5.26 Å². The quantitative estimate of drug-likeness (QED) is 0.898. The van der Waals surface area contributed by atoms with Gasteiger partial charge in [0.25, 0.3) is 0 Å². The highest BCUT2D eigenvalue weighted by Crippen LogP contribution is 2.31. The number of rotatable bonds is 3. The number of nitriles is 1. The summed E-state index contributed by atoms with van der Waals surface area (Å²) in [5.74, 6) is 0.609. The highest BCUT2D eigenvalue weighted by molar-refractivity contribution is 6.33. The van der Waals surface area contributed by atoms with Crippen LogP contribution in [-0.2, 0) is 0 Å². The number of anilines is 2. The predicted octanol–water partition coefficient (Wildman–Crippen LogP) is 4.62. The topological polar surface area (TPSA) is 45.0 Å². The summed E-state index contributed by atoms with van der Waals surface area (Å²) in [6.45, 7) is 0. The maximum atomic E-state index is 8.78. The molecule has 0 radical (unpaired) electrons. The number of hydrogen-bond donors (Lipinski definition) is 1. The number of hydrogen-bond acceptors (Lipinski definition) is 3. The molecule has 0 fully saturated rings. The highest BCUT2D eigenvalue weighted by atomic mass is 35.5. The molecule has 2 aromatic rings. The smallest absolute Gasteiger partial charge is 0.137 e. The van der Waals surface area contributed by atoms with Crippen molar-refractivity contribution in [2.75, 3.05) is 12.4 Å². The normalized spacial score (nSPS) is 9.79. The van der Waals surface area contributed by atoms with Gasteiger partial charge in [0.1, 0.15) is 5.75 Å². The molecular formula is C14H10Cl2N2O. The van der Waals surface area contributed by atoms with Gasteiger partial charge in [-0.1, -0.05) is 23.2 Å². The fourth-order valence-corrected chi connectivity index (χ4v) is 2.07. The summed E-state index contributed by atoms with van der Waals surface area (Å²) >= 11 is 12.1. The molecule has 0 aliphatic heterocycles. The molecule has 0 saturated heterocycles. The summed E-state index contributed by atoms with van der Waals surface area (Å²) in [6, 6.07) is 12.4. The number of nitrogens with one attached hydrogen (secondary N) is 1. The first-order chi connectivity index (χ1) is 9.13. The Morgan fingerprint density at radius 2 is 1.89 bits per heavy atom. The van der Waals surface area contributed by atoms with E-state index in [1.807, 2.05) is 12.1 Å². The maximum Gasteiger partial charge on any atom is 0.137 e. The van der Waals surface area contributed by atoms with Crippen LogP contribution in [0.15, 0.2) is 36.4 Å². The summed E-state index contributed by atoms with van der Waals surface area (Å²) in [5, 5.41) is 12.9. The van der Waals surface area contributed by atoms with Gasteiger partial charge in [-0.25, -0.2) is 0 Å². The van der Waals surface area contributed by atoms with Crippen LogP contribution in [0.3, 0.4) is 0 Å². The van der Waals surface area contributed by atoms with Crippen LogP contribution in [0.25, 0.3) is 0 Å². The van der Waals surface area contributed by atoms with Gasteiger partial charge in [-0.05, 0) is 36.4 Å². The molecule has 2 aromatic carbocycles. The minimum Gasteiger partial charge on any atom is -0.495 e. The molecule has 19 heavy (non-hydrogen) atoms. The zero-order chi connectivity index (χ0) is 13.8. The molecule has 0 bridgehead atoms. The third-order valence-electron chi connectivity index (χ3n) is 2.53. The Morgan fingerprint density at radius 1 is 1.11 bits per heavy atom. The Hall–Kier alpha value is -1.89. The van der Waals surface area contributed by atoms with E-state index in [1.165, 1.54) is 0 Å². The van der Waals surface area contributed by atoms with Gasteiger partial charge >= 0.3 is 0 Å². The minimum atomic E-state index is 0.478. The van der Waals surface area contributed by atoms with Crippen molar-refractivity contribution in [2.45, 2.75) is 0 Å². The number of ether oxygens (including phenoxy) is 1. The molecule has 1 N–H and O–H groups in total. The Balaban J connectivity index is 2.26. The molecule has 0 unspecified atom stereocenters. The summed E-state index contributed by atoms with van der Waals surface area (Å²) < 4.78 is 5.08. The van der Waals surface area contributed by atoms with Crippen LogP contribution in [0.5, 0.6) is 5.75 Å². The molecule has 0 atom stereocenters. The van der Waals surface area contributed by atoms with Crippen LogP contribution < -0.4 is 10.1 Å². The lowest BCUT2D eigenvalue weighted by molar-refractivity contribution is 0.415. The molecule has 0 amide bonds. The first-order valence-corrected chi connectivity index (χ1v) is 6.20. The second-order valence-electron chi connectivity index (χ2n) is 3.78. The summed E-state index contributed by atoms with van der Waals surface area (Å²) in [7, 11) is 1.56. The van der Waals surface area contributed by atoms with E-state index in [-0.39, 0.29) is 0 Å². The third kappa shape index (κ3) is 3.11. The first-order valence-electron chi connectivity index (χ1n) is 5.44. The van der Waals surface area contributed by atoms with Crippen LogP contribution >= 0.6 is 23.2 Å². The second kappa shape index (κ2) is 5.83. The van der Waals surface area contributed by atoms with E-state index >= 15 is 0 Å². The van der Waals surface area contributed by atoms with E-state index in [9.17, 15) is 0 Å². The van der Waals surface area contributed by atoms with Crippen molar-refractivity contribution in [3.63, 3.8) is 0 Å². The molecular weight excluding hydrogens is 283 g/mol. The first kappa shape index (κ1) is 13.5. The van der Waals surface area contributed by atoms with Gasteiger partial charge in [0, 0.05) is 5.69 Å². The largest absolute Gasteiger partial charge is 0.495 e. The van der Waals surface area contributed by atoms with Gasteiger partial charge in [0.2, 0.25) is 0 Å². The monoisotopic (exact) mass is 292 g/mol. The van der Waals surface area contributed by atoms with Crippen LogP contribution in [0.1, 0.15) is 5.56 Å². The number of methoxy groups -OCH3 is 1. The Bertz CT molecular complexity index is 650. The second-order valence-corrected chi connectivity index (χ2v) is 4.60. The molecule has 0 saturated carbocycles. The molecule has 5 heteroatoms. The number of halogens is 2. The van der Waals surface area contributed by atoms with E-state index < -0.39 is 0 Å². The zero-order valence-corrected chi connectivity index (χ0v) is 11.6. The van der Waals surface area contributed by atoms with Gasteiger partial charge in [-0.3, -0.25) is 0 Å². The lowest BCUT2D eigenvalue weighted by Gasteiger charge is -2.10. The Morgan fingerprint density at radius 3 is 2.47 bits per heavy atom. The molecule has 3 nitrogen and oxygen atoms in total. The molecule has 0 aliphatic rings. The van der Waals surface area contributed by atoms with Crippen molar-refractivity contribution in [3.05, 3.63) is 52.0 Å². The Kier molecular flexibility index (Phi) is 4.16. The van der Waals surface area contributed by atoms with Crippen LogP contribution in [0, 0.1) is 11.3 Å². The standard InChI is InChI=1S/C14H10Cl2N2O/c1-19-14-5-3-10(7-12(14)16)18-13-4-2-9(8-17)6-11(13)15/h2-7,18H,1H3. The van der Waals surface area contributed by atoms with E-state index in [4.69, 9.17) is 33.2 Å². The fourth-order valence-electron chi connectivity index (χ4n) is 1.59. The number of nitrogens with zero attached hydrogens (tertiary/aromatic N) is 1. The maximum absolute atomic E-state index is 8.78. The molecule has 96 valence electrons. The SMILES string of the molecule is COc1ccc(Nc2ccc(C#N)cc2Cl)cc1Cl. The van der Waals surface area contributed by atoms with E-state index in [0.29, 0.717) is 27.0 Å². The lowest BCUT2D eigenvalue weighted by Crippen LogP contribution is -1.93. The molecule has 0 spiro atoms. The molecule has 2 rings (SSSR count). The summed E-state index contributed by atoms with van der Waals surface area (Å²) in [6.07, 6.45) is 0. The molecule has 0 heterocycles. The van der Waals surface area contributed by atoms with Gasteiger partial charge < -0.3 is 10.1 Å². The zero-order valence-electron chi connectivity index (χ0n) is 10.1. The third-order valence-corrected chi connectivity index (χ3v) is 3.14. The molecule has 0 aliphatic carbocycles. The van der Waals surface area contributed by atoms with Crippen molar-refractivity contribution in [1.82, 2.24) is 0 Å². The summed E-state index contributed by atoms with van der Waals surface area (Å²) in [4.78, 5) is 0. The van der Waals surface area contributed by atoms with Crippen LogP contribution in [-0.4, -0.2) is 7.11 Å². The summed E-state index contributed by atoms with van der Waals surface area (Å²) in [5.41, 5.74) is 2.02. The predicted molar refractivity (Wildman–Crippen MR) is 77.5 cm³/mol. The lowest BCUT2D eigenvalue weighted by atomic mass is 10.2. The van der Waals surface area contributed by atoms with Gasteiger partial charge in [0.15, 0.2) is 0 Å². The van der Waals surface area contributed by atoms with Crippen molar-refractivity contribution in [2.24, 2.45) is 0 Å². The average molecular weight is 293 g/mol. The van der Waals surface area contributed by atoms with E-state index in [0.717, 1.165) is 5.69 Å². The highest BCUT2D eigenvalue weighted by Gasteiger charge is 2.05. The van der Waals surface area contributed by atoms with E-state index in [2.05, 4.69) is 5.32 Å². The van der Waals surface area contributed by atoms with Crippen molar-refractivity contribution in [3.8, 4) is 11.8 Å². The van der Waals surface area contributed by atoms with Gasteiger partial charge in [0.05, 0.1) is 34.5 Å². The van der Waals surface area contributed by atoms with Crippen LogP contribution in [0.2, 0.25) is 10.0 Å². The fraction of sp³-hybridized carbons (Fsp3) is 0.0714. The van der Waals surface area contributed by atoms with Crippen molar-refractivity contribution in [1.29, 1.82) is 5.26 Å². The van der Waals surface area contributed by atoms with Gasteiger partial charge in [-0.15, -0.1) is 0 Å². The van der Waals surface area contributed by atoms with E-state index in [1.54, 1.807) is 37.4 Å². The minimum absolute atomic E-state index is 0.478. The van der Waals surface area contributed by atoms with Crippen LogP contribution in [0.4, 0.5) is 11.4 Å². The average Bonchev–Trinajstić information content (AvgIpc) is 2.41. The Labute approximate surface area is 121 Å². The van der Waals surface area contributed by atoms with Crippen molar-refractivity contribution >= 4 is 34.6 Å². The number of benzene rings is 2. The van der Waals surface area contributed by atoms with Crippen molar-refractivity contribution < 1.29 is 4.74 Å². The molecule has 0 aromatic heterocycles.